The van der Waals surface area contributed by atoms with E-state index >= 15 is 0 Å². The third-order valence-corrected chi connectivity index (χ3v) is 2.97. The topological polar surface area (TPSA) is 67.6 Å². The molecule has 6 heteroatoms. The van der Waals surface area contributed by atoms with E-state index in [4.69, 9.17) is 5.73 Å². The van der Waals surface area contributed by atoms with Gasteiger partial charge in [0.15, 0.2) is 5.16 Å². The number of aromatic nitrogens is 3. The maximum absolute atomic E-state index is 13.2. The van der Waals surface area contributed by atoms with E-state index < -0.39 is 0 Å². The van der Waals surface area contributed by atoms with E-state index in [0.717, 1.165) is 16.3 Å². The largest absolute Gasteiger partial charge is 0.326 e. The van der Waals surface area contributed by atoms with Crippen LogP contribution in [0, 0.1) is 5.82 Å². The lowest BCUT2D eigenvalue weighted by atomic mass is 10.1. The number of rotatable bonds is 4. The Morgan fingerprint density at radius 3 is 2.81 bits per heavy atom. The molecule has 0 radical (unpaired) electrons. The van der Waals surface area contributed by atoms with Crippen LogP contribution in [0.25, 0.3) is 0 Å². The second kappa shape index (κ2) is 5.09. The fraction of sp³-hybridized carbons (Fsp3) is 0.200. The number of benzene rings is 1. The highest BCUT2D eigenvalue weighted by molar-refractivity contribution is 7.98. The highest BCUT2D eigenvalue weighted by atomic mass is 32.2. The van der Waals surface area contributed by atoms with Crippen molar-refractivity contribution in [3.63, 3.8) is 0 Å². The number of nitrogens with zero attached hydrogens (tertiary/aromatic N) is 2. The molecular weight excluding hydrogens is 227 g/mol. The quantitative estimate of drug-likeness (QED) is 0.795. The van der Waals surface area contributed by atoms with Crippen LogP contribution in [0.4, 0.5) is 4.39 Å². The zero-order chi connectivity index (χ0) is 11.4. The van der Waals surface area contributed by atoms with E-state index in [1.54, 1.807) is 0 Å². The average molecular weight is 238 g/mol. The first-order valence-corrected chi connectivity index (χ1v) is 5.73. The van der Waals surface area contributed by atoms with Crippen LogP contribution in [0.15, 0.2) is 29.7 Å². The summed E-state index contributed by atoms with van der Waals surface area (Å²) in [7, 11) is 0. The van der Waals surface area contributed by atoms with Gasteiger partial charge in [-0.1, -0.05) is 17.8 Å². The van der Waals surface area contributed by atoms with Crippen LogP contribution in [0.1, 0.15) is 11.1 Å². The monoisotopic (exact) mass is 238 g/mol. The fourth-order valence-corrected chi connectivity index (χ4v) is 2.04. The Labute approximate surface area is 96.5 Å². The number of nitrogens with two attached hydrogens (primary N) is 1. The van der Waals surface area contributed by atoms with Crippen molar-refractivity contribution in [2.45, 2.75) is 17.5 Å². The van der Waals surface area contributed by atoms with Crippen LogP contribution in [-0.2, 0) is 12.3 Å². The molecular formula is C10H11FN4S. The van der Waals surface area contributed by atoms with E-state index in [-0.39, 0.29) is 5.82 Å². The van der Waals surface area contributed by atoms with Crippen LogP contribution < -0.4 is 5.73 Å². The molecule has 1 aromatic heterocycles. The van der Waals surface area contributed by atoms with Crippen molar-refractivity contribution < 1.29 is 4.39 Å². The summed E-state index contributed by atoms with van der Waals surface area (Å²) in [6.07, 6.45) is 1.44. The van der Waals surface area contributed by atoms with E-state index in [2.05, 4.69) is 15.2 Å². The first kappa shape index (κ1) is 11.1. The summed E-state index contributed by atoms with van der Waals surface area (Å²) in [4.78, 5) is 3.97. The van der Waals surface area contributed by atoms with Gasteiger partial charge in [0.1, 0.15) is 12.1 Å². The number of hydrogen-bond donors (Lipinski definition) is 2. The highest BCUT2D eigenvalue weighted by Gasteiger charge is 2.02. The summed E-state index contributed by atoms with van der Waals surface area (Å²) in [6, 6.07) is 4.84. The van der Waals surface area contributed by atoms with Gasteiger partial charge in [-0.15, -0.1) is 0 Å². The summed E-state index contributed by atoms with van der Waals surface area (Å²) in [5.74, 6) is 0.385. The molecule has 0 aliphatic rings. The third-order valence-electron chi connectivity index (χ3n) is 2.02. The predicted molar refractivity (Wildman–Crippen MR) is 60.2 cm³/mol. The lowest BCUT2D eigenvalue weighted by Crippen LogP contribution is -1.98. The Hall–Kier alpha value is -1.40. The predicted octanol–water partition coefficient (Wildman–Crippen LogP) is 1.69. The lowest BCUT2D eigenvalue weighted by Gasteiger charge is -2.03. The Morgan fingerprint density at radius 1 is 1.31 bits per heavy atom. The van der Waals surface area contributed by atoms with Crippen molar-refractivity contribution in [1.82, 2.24) is 15.2 Å². The zero-order valence-electron chi connectivity index (χ0n) is 8.48. The first-order chi connectivity index (χ1) is 7.78. The molecule has 0 saturated carbocycles. The van der Waals surface area contributed by atoms with E-state index in [1.165, 1.54) is 30.2 Å². The number of nitrogens with one attached hydrogen (secondary N) is 1. The van der Waals surface area contributed by atoms with Gasteiger partial charge in [0, 0.05) is 12.3 Å². The van der Waals surface area contributed by atoms with Gasteiger partial charge in [-0.2, -0.15) is 5.10 Å². The van der Waals surface area contributed by atoms with Gasteiger partial charge in [0.25, 0.3) is 0 Å². The Bertz CT molecular complexity index is 458. The maximum atomic E-state index is 13.2. The molecule has 0 bridgehead atoms. The lowest BCUT2D eigenvalue weighted by molar-refractivity contribution is 0.624. The molecule has 1 heterocycles. The summed E-state index contributed by atoms with van der Waals surface area (Å²) in [5, 5.41) is 7.19. The summed E-state index contributed by atoms with van der Waals surface area (Å²) < 4.78 is 13.2. The Balaban J connectivity index is 2.06. The molecule has 2 rings (SSSR count). The minimum Gasteiger partial charge on any atom is -0.326 e. The molecule has 0 aliphatic heterocycles. The molecule has 84 valence electrons. The molecule has 16 heavy (non-hydrogen) atoms. The fourth-order valence-electron chi connectivity index (χ4n) is 1.33. The minimum absolute atomic E-state index is 0.254. The van der Waals surface area contributed by atoms with Crippen molar-refractivity contribution in [1.29, 1.82) is 0 Å². The summed E-state index contributed by atoms with van der Waals surface area (Å²) in [5.41, 5.74) is 7.17. The molecule has 0 fully saturated rings. The van der Waals surface area contributed by atoms with Crippen molar-refractivity contribution in [2.24, 2.45) is 5.73 Å². The number of hydrogen-bond acceptors (Lipinski definition) is 4. The second-order valence-corrected chi connectivity index (χ2v) is 4.22. The minimum atomic E-state index is -0.254. The van der Waals surface area contributed by atoms with Gasteiger partial charge in [-0.05, 0) is 23.3 Å². The number of halogens is 1. The Kier molecular flexibility index (Phi) is 3.53. The normalized spacial score (nSPS) is 10.6. The van der Waals surface area contributed by atoms with Gasteiger partial charge >= 0.3 is 0 Å². The SMILES string of the molecule is NCc1cc(F)cc(CSc2ncn[nH]2)c1. The maximum Gasteiger partial charge on any atom is 0.183 e. The molecule has 2 aromatic rings. The van der Waals surface area contributed by atoms with E-state index in [1.807, 2.05) is 6.07 Å². The molecule has 4 nitrogen and oxygen atoms in total. The van der Waals surface area contributed by atoms with Gasteiger partial charge in [0.2, 0.25) is 0 Å². The van der Waals surface area contributed by atoms with Gasteiger partial charge in [-0.25, -0.2) is 9.37 Å². The highest BCUT2D eigenvalue weighted by Crippen LogP contribution is 2.19. The smallest absolute Gasteiger partial charge is 0.183 e. The third kappa shape index (κ3) is 2.80. The van der Waals surface area contributed by atoms with Gasteiger partial charge in [0.05, 0.1) is 0 Å². The van der Waals surface area contributed by atoms with Crippen LogP contribution in [-0.4, -0.2) is 15.2 Å². The molecule has 0 atom stereocenters. The van der Waals surface area contributed by atoms with Crippen LogP contribution in [0.5, 0.6) is 0 Å². The molecule has 0 amide bonds. The van der Waals surface area contributed by atoms with Crippen molar-refractivity contribution in [2.75, 3.05) is 0 Å². The van der Waals surface area contributed by atoms with Gasteiger partial charge < -0.3 is 5.73 Å². The number of H-pyrrole nitrogens is 1. The summed E-state index contributed by atoms with van der Waals surface area (Å²) in [6.45, 7) is 0.345. The van der Waals surface area contributed by atoms with Crippen LogP contribution in [0.2, 0.25) is 0 Å². The molecule has 0 spiro atoms. The van der Waals surface area contributed by atoms with Crippen molar-refractivity contribution in [3.05, 3.63) is 41.5 Å². The number of thioether (sulfide) groups is 1. The summed E-state index contributed by atoms with van der Waals surface area (Å²) >= 11 is 1.47. The molecule has 0 unspecified atom stereocenters. The average Bonchev–Trinajstić information content (AvgIpc) is 2.78. The molecule has 1 aromatic carbocycles. The van der Waals surface area contributed by atoms with Crippen molar-refractivity contribution >= 4 is 11.8 Å². The first-order valence-electron chi connectivity index (χ1n) is 4.74. The zero-order valence-corrected chi connectivity index (χ0v) is 9.30. The van der Waals surface area contributed by atoms with Crippen molar-refractivity contribution in [3.8, 4) is 0 Å². The van der Waals surface area contributed by atoms with Crippen LogP contribution in [0.3, 0.4) is 0 Å². The van der Waals surface area contributed by atoms with Crippen LogP contribution >= 0.6 is 11.8 Å². The second-order valence-electron chi connectivity index (χ2n) is 3.25. The van der Waals surface area contributed by atoms with Gasteiger partial charge in [-0.3, -0.25) is 5.10 Å². The molecule has 3 N–H and O–H groups in total. The standard InChI is InChI=1S/C10H11FN4S/c11-9-2-7(4-12)1-8(3-9)5-16-10-13-6-14-15-10/h1-3,6H,4-5,12H2,(H,13,14,15). The molecule has 0 aliphatic carbocycles. The van der Waals surface area contributed by atoms with E-state index in [9.17, 15) is 4.39 Å². The van der Waals surface area contributed by atoms with E-state index in [0.29, 0.717) is 12.3 Å². The molecule has 0 saturated heterocycles. The number of aromatic amines is 1. The Morgan fingerprint density at radius 2 is 2.12 bits per heavy atom.